The molecule has 2 aliphatic rings. The SMILES string of the molecule is Cc1ccc2c(c1)CCCN2CC(=O)N1CC(=O)Nc2ccccc21. The van der Waals surface area contributed by atoms with E-state index in [1.54, 1.807) is 4.90 Å². The van der Waals surface area contributed by atoms with Gasteiger partial charge in [-0.15, -0.1) is 0 Å². The van der Waals surface area contributed by atoms with E-state index < -0.39 is 0 Å². The number of aryl methyl sites for hydroxylation is 2. The predicted molar refractivity (Wildman–Crippen MR) is 99.1 cm³/mol. The number of para-hydroxylation sites is 2. The third-order valence-corrected chi connectivity index (χ3v) is 4.85. The van der Waals surface area contributed by atoms with Gasteiger partial charge in [0.1, 0.15) is 6.54 Å². The van der Waals surface area contributed by atoms with E-state index >= 15 is 0 Å². The van der Waals surface area contributed by atoms with Gasteiger partial charge in [0.15, 0.2) is 0 Å². The molecule has 128 valence electrons. The Morgan fingerprint density at radius 3 is 2.88 bits per heavy atom. The zero-order valence-corrected chi connectivity index (χ0v) is 14.3. The van der Waals surface area contributed by atoms with E-state index in [-0.39, 0.29) is 24.9 Å². The van der Waals surface area contributed by atoms with Crippen molar-refractivity contribution in [1.29, 1.82) is 0 Å². The maximum atomic E-state index is 13.0. The average molecular weight is 335 g/mol. The van der Waals surface area contributed by atoms with Crippen LogP contribution in [-0.4, -0.2) is 31.4 Å². The molecule has 5 nitrogen and oxygen atoms in total. The fourth-order valence-electron chi connectivity index (χ4n) is 3.67. The summed E-state index contributed by atoms with van der Waals surface area (Å²) in [5.41, 5.74) is 5.15. The Balaban J connectivity index is 1.59. The molecule has 0 unspecified atom stereocenters. The molecule has 2 aromatic rings. The van der Waals surface area contributed by atoms with E-state index in [4.69, 9.17) is 0 Å². The number of fused-ring (bicyclic) bond motifs is 2. The molecule has 25 heavy (non-hydrogen) atoms. The van der Waals surface area contributed by atoms with Crippen LogP contribution in [0, 0.1) is 6.92 Å². The van der Waals surface area contributed by atoms with Crippen LogP contribution in [0.25, 0.3) is 0 Å². The Morgan fingerprint density at radius 2 is 2.00 bits per heavy atom. The van der Waals surface area contributed by atoms with Crippen LogP contribution in [0.3, 0.4) is 0 Å². The minimum Gasteiger partial charge on any atom is -0.362 e. The fourth-order valence-corrected chi connectivity index (χ4v) is 3.67. The van der Waals surface area contributed by atoms with E-state index in [0.717, 1.165) is 30.8 Å². The highest BCUT2D eigenvalue weighted by molar-refractivity contribution is 6.10. The van der Waals surface area contributed by atoms with E-state index in [1.165, 1.54) is 11.1 Å². The Labute approximate surface area is 147 Å². The monoisotopic (exact) mass is 335 g/mol. The number of nitrogens with zero attached hydrogens (tertiary/aromatic N) is 2. The highest BCUT2D eigenvalue weighted by Gasteiger charge is 2.28. The first-order valence-electron chi connectivity index (χ1n) is 8.65. The van der Waals surface area contributed by atoms with Gasteiger partial charge in [0.2, 0.25) is 11.8 Å². The normalized spacial score (nSPS) is 16.1. The summed E-state index contributed by atoms with van der Waals surface area (Å²) in [4.78, 5) is 28.6. The number of nitrogens with one attached hydrogen (secondary N) is 1. The first kappa shape index (κ1) is 15.7. The third kappa shape index (κ3) is 2.97. The standard InChI is InChI=1S/C20H21N3O2/c1-14-8-9-17-15(11-14)5-4-10-22(17)13-20(25)23-12-19(24)21-16-6-2-3-7-18(16)23/h2-3,6-9,11H,4-5,10,12-13H2,1H3,(H,21,24). The van der Waals surface area contributed by atoms with E-state index in [9.17, 15) is 9.59 Å². The Kier molecular flexibility index (Phi) is 3.92. The lowest BCUT2D eigenvalue weighted by Gasteiger charge is -2.34. The average Bonchev–Trinajstić information content (AvgIpc) is 2.60. The summed E-state index contributed by atoms with van der Waals surface area (Å²) in [5.74, 6) is -0.197. The summed E-state index contributed by atoms with van der Waals surface area (Å²) in [7, 11) is 0. The quantitative estimate of drug-likeness (QED) is 0.918. The topological polar surface area (TPSA) is 52.7 Å². The second-order valence-corrected chi connectivity index (χ2v) is 6.70. The van der Waals surface area contributed by atoms with Crippen LogP contribution >= 0.6 is 0 Å². The minimum atomic E-state index is -0.151. The molecule has 0 bridgehead atoms. The van der Waals surface area contributed by atoms with Crippen molar-refractivity contribution in [2.75, 3.05) is 34.8 Å². The van der Waals surface area contributed by atoms with E-state index in [1.807, 2.05) is 24.3 Å². The molecule has 0 atom stereocenters. The van der Waals surface area contributed by atoms with Crippen LogP contribution in [0.4, 0.5) is 17.1 Å². The largest absolute Gasteiger partial charge is 0.362 e. The molecular formula is C20H21N3O2. The molecule has 0 saturated heterocycles. The van der Waals surface area contributed by atoms with E-state index in [0.29, 0.717) is 5.69 Å². The maximum Gasteiger partial charge on any atom is 0.247 e. The zero-order chi connectivity index (χ0) is 17.4. The molecule has 2 amide bonds. The number of hydrogen-bond donors (Lipinski definition) is 1. The van der Waals surface area contributed by atoms with Gasteiger partial charge in [-0.25, -0.2) is 0 Å². The lowest BCUT2D eigenvalue weighted by atomic mass is 9.99. The second-order valence-electron chi connectivity index (χ2n) is 6.70. The number of carbonyl (C=O) groups excluding carboxylic acids is 2. The van der Waals surface area contributed by atoms with Crippen LogP contribution in [0.5, 0.6) is 0 Å². The van der Waals surface area contributed by atoms with Crippen molar-refractivity contribution in [3.05, 3.63) is 53.6 Å². The molecule has 2 heterocycles. The van der Waals surface area contributed by atoms with Crippen LogP contribution < -0.4 is 15.1 Å². The summed E-state index contributed by atoms with van der Waals surface area (Å²) in [6.07, 6.45) is 2.09. The first-order chi connectivity index (χ1) is 12.1. The van der Waals surface area contributed by atoms with Crippen molar-refractivity contribution in [2.45, 2.75) is 19.8 Å². The van der Waals surface area contributed by atoms with Crippen molar-refractivity contribution < 1.29 is 9.59 Å². The van der Waals surface area contributed by atoms with Gasteiger partial charge >= 0.3 is 0 Å². The molecule has 0 saturated carbocycles. The molecular weight excluding hydrogens is 314 g/mol. The van der Waals surface area contributed by atoms with Crippen LogP contribution in [0.2, 0.25) is 0 Å². The van der Waals surface area contributed by atoms with Crippen molar-refractivity contribution in [3.8, 4) is 0 Å². The number of carbonyl (C=O) groups is 2. The van der Waals surface area contributed by atoms with Gasteiger partial charge in [0, 0.05) is 12.2 Å². The number of anilines is 3. The van der Waals surface area contributed by atoms with Gasteiger partial charge < -0.3 is 10.2 Å². The maximum absolute atomic E-state index is 13.0. The molecule has 2 aromatic carbocycles. The van der Waals surface area contributed by atoms with Gasteiger partial charge in [0.05, 0.1) is 17.9 Å². The fraction of sp³-hybridized carbons (Fsp3) is 0.300. The van der Waals surface area contributed by atoms with Crippen LogP contribution in [0.15, 0.2) is 42.5 Å². The smallest absolute Gasteiger partial charge is 0.247 e. The van der Waals surface area contributed by atoms with Gasteiger partial charge in [-0.2, -0.15) is 0 Å². The molecule has 5 heteroatoms. The predicted octanol–water partition coefficient (Wildman–Crippen LogP) is 2.73. The van der Waals surface area contributed by atoms with Gasteiger partial charge in [-0.1, -0.05) is 29.8 Å². The first-order valence-corrected chi connectivity index (χ1v) is 8.65. The summed E-state index contributed by atoms with van der Waals surface area (Å²) in [5, 5.41) is 2.82. The number of rotatable bonds is 2. The highest BCUT2D eigenvalue weighted by atomic mass is 16.2. The summed E-state index contributed by atoms with van der Waals surface area (Å²) in [6.45, 7) is 3.32. The van der Waals surface area contributed by atoms with Gasteiger partial charge in [-0.3, -0.25) is 14.5 Å². The molecule has 0 radical (unpaired) electrons. The zero-order valence-electron chi connectivity index (χ0n) is 14.3. The van der Waals surface area contributed by atoms with Crippen molar-refractivity contribution in [1.82, 2.24) is 0 Å². The lowest BCUT2D eigenvalue weighted by molar-refractivity contribution is -0.121. The number of benzene rings is 2. The summed E-state index contributed by atoms with van der Waals surface area (Å²) >= 11 is 0. The van der Waals surface area contributed by atoms with Crippen molar-refractivity contribution in [2.24, 2.45) is 0 Å². The second kappa shape index (κ2) is 6.24. The molecule has 4 rings (SSSR count). The van der Waals surface area contributed by atoms with E-state index in [2.05, 4.69) is 35.3 Å². The lowest BCUT2D eigenvalue weighted by Crippen LogP contribution is -2.47. The van der Waals surface area contributed by atoms with Gasteiger partial charge in [0.25, 0.3) is 0 Å². The van der Waals surface area contributed by atoms with Crippen LogP contribution in [0.1, 0.15) is 17.5 Å². The Morgan fingerprint density at radius 1 is 1.16 bits per heavy atom. The highest BCUT2D eigenvalue weighted by Crippen LogP contribution is 2.31. The third-order valence-electron chi connectivity index (χ3n) is 4.85. The number of hydrogen-bond acceptors (Lipinski definition) is 3. The molecule has 0 aliphatic carbocycles. The molecule has 1 N–H and O–H groups in total. The molecule has 0 aromatic heterocycles. The van der Waals surface area contributed by atoms with Crippen molar-refractivity contribution >= 4 is 28.9 Å². The van der Waals surface area contributed by atoms with Gasteiger partial charge in [-0.05, 0) is 43.5 Å². The molecule has 0 spiro atoms. The minimum absolute atomic E-state index is 0.0456. The summed E-state index contributed by atoms with van der Waals surface area (Å²) < 4.78 is 0. The van der Waals surface area contributed by atoms with Crippen LogP contribution in [-0.2, 0) is 16.0 Å². The Hall–Kier alpha value is -2.82. The summed E-state index contributed by atoms with van der Waals surface area (Å²) in [6, 6.07) is 13.8. The number of amides is 2. The Bertz CT molecular complexity index is 847. The van der Waals surface area contributed by atoms with Crippen molar-refractivity contribution in [3.63, 3.8) is 0 Å². The molecule has 0 fully saturated rings. The molecule has 2 aliphatic heterocycles.